The number of hydrogen-bond acceptors (Lipinski definition) is 4. The fourth-order valence-corrected chi connectivity index (χ4v) is 2.94. The molecule has 1 N–H and O–H groups in total. The van der Waals surface area contributed by atoms with Gasteiger partial charge in [0.25, 0.3) is 5.91 Å². The summed E-state index contributed by atoms with van der Waals surface area (Å²) < 4.78 is 10.5. The maximum absolute atomic E-state index is 12.5. The van der Waals surface area contributed by atoms with Gasteiger partial charge in [0.05, 0.1) is 14.2 Å². The van der Waals surface area contributed by atoms with Crippen LogP contribution in [0.3, 0.4) is 0 Å². The van der Waals surface area contributed by atoms with Crippen LogP contribution in [0.5, 0.6) is 11.5 Å². The number of carbonyl (C=O) groups is 2. The number of benzene rings is 2. The third-order valence-corrected chi connectivity index (χ3v) is 4.53. The van der Waals surface area contributed by atoms with Gasteiger partial charge in [-0.25, -0.2) is 0 Å². The maximum atomic E-state index is 12.5. The van der Waals surface area contributed by atoms with Crippen molar-refractivity contribution < 1.29 is 19.1 Å². The van der Waals surface area contributed by atoms with E-state index in [1.807, 2.05) is 32.0 Å². The molecule has 6 heteroatoms. The van der Waals surface area contributed by atoms with Crippen LogP contribution in [0.1, 0.15) is 36.2 Å². The molecule has 2 rings (SSSR count). The second-order valence-electron chi connectivity index (χ2n) is 6.30. The van der Waals surface area contributed by atoms with Crippen LogP contribution in [0.25, 0.3) is 0 Å². The second kappa shape index (κ2) is 10.3. The molecule has 0 aliphatic rings. The molecule has 0 saturated carbocycles. The Hall–Kier alpha value is -3.02. The summed E-state index contributed by atoms with van der Waals surface area (Å²) in [6.07, 6.45) is 0.897. The summed E-state index contributed by atoms with van der Waals surface area (Å²) in [4.78, 5) is 26.5. The first-order chi connectivity index (χ1) is 13.5. The summed E-state index contributed by atoms with van der Waals surface area (Å²) in [6, 6.07) is 12.7. The molecule has 0 aliphatic carbocycles. The monoisotopic (exact) mass is 384 g/mol. The zero-order chi connectivity index (χ0) is 20.5. The molecule has 150 valence electrons. The van der Waals surface area contributed by atoms with Gasteiger partial charge in [-0.2, -0.15) is 0 Å². The Morgan fingerprint density at radius 1 is 0.964 bits per heavy atom. The van der Waals surface area contributed by atoms with Crippen molar-refractivity contribution in [3.8, 4) is 11.5 Å². The lowest BCUT2D eigenvalue weighted by atomic mass is 10.1. The van der Waals surface area contributed by atoms with E-state index in [1.54, 1.807) is 43.4 Å². The number of hydrogen-bond donors (Lipinski definition) is 1. The van der Waals surface area contributed by atoms with Crippen LogP contribution in [0.2, 0.25) is 0 Å². The summed E-state index contributed by atoms with van der Waals surface area (Å²) in [5.74, 6) is 1.15. The van der Waals surface area contributed by atoms with Crippen LogP contribution in [0.4, 0.5) is 5.69 Å². The van der Waals surface area contributed by atoms with Crippen LogP contribution in [-0.2, 0) is 11.2 Å². The first-order valence-corrected chi connectivity index (χ1v) is 9.42. The molecule has 28 heavy (non-hydrogen) atoms. The number of rotatable bonds is 9. The molecule has 0 spiro atoms. The van der Waals surface area contributed by atoms with Crippen LogP contribution in [0.15, 0.2) is 42.5 Å². The van der Waals surface area contributed by atoms with Crippen molar-refractivity contribution in [3.63, 3.8) is 0 Å². The van der Waals surface area contributed by atoms with Crippen molar-refractivity contribution in [2.45, 2.75) is 26.7 Å². The highest BCUT2D eigenvalue weighted by molar-refractivity contribution is 5.97. The maximum Gasteiger partial charge on any atom is 0.253 e. The van der Waals surface area contributed by atoms with E-state index in [0.717, 1.165) is 5.56 Å². The number of anilines is 1. The van der Waals surface area contributed by atoms with Gasteiger partial charge in [0, 0.05) is 30.8 Å². The number of nitrogens with zero attached hydrogens (tertiary/aromatic N) is 1. The summed E-state index contributed by atoms with van der Waals surface area (Å²) in [5.41, 5.74) is 2.18. The molecule has 2 aromatic rings. The van der Waals surface area contributed by atoms with Gasteiger partial charge in [-0.05, 0) is 56.2 Å². The van der Waals surface area contributed by atoms with Crippen LogP contribution in [0, 0.1) is 0 Å². The second-order valence-corrected chi connectivity index (χ2v) is 6.30. The van der Waals surface area contributed by atoms with E-state index in [9.17, 15) is 9.59 Å². The number of methoxy groups -OCH3 is 2. The average Bonchev–Trinajstić information content (AvgIpc) is 2.73. The van der Waals surface area contributed by atoms with E-state index < -0.39 is 0 Å². The fraction of sp³-hybridized carbons (Fsp3) is 0.364. The van der Waals surface area contributed by atoms with Crippen molar-refractivity contribution in [3.05, 3.63) is 53.6 Å². The Morgan fingerprint density at radius 2 is 1.68 bits per heavy atom. The van der Waals surface area contributed by atoms with E-state index in [4.69, 9.17) is 9.47 Å². The normalized spacial score (nSPS) is 10.3. The molecule has 0 bridgehead atoms. The number of nitrogens with one attached hydrogen (secondary N) is 1. The number of ether oxygens (including phenoxy) is 2. The van der Waals surface area contributed by atoms with Crippen molar-refractivity contribution in [1.29, 1.82) is 0 Å². The summed E-state index contributed by atoms with van der Waals surface area (Å²) in [7, 11) is 3.17. The van der Waals surface area contributed by atoms with Crippen molar-refractivity contribution >= 4 is 17.5 Å². The minimum atomic E-state index is -0.109. The summed E-state index contributed by atoms with van der Waals surface area (Å²) in [5, 5.41) is 2.87. The topological polar surface area (TPSA) is 67.9 Å². The predicted molar refractivity (Wildman–Crippen MR) is 110 cm³/mol. The van der Waals surface area contributed by atoms with E-state index in [1.165, 1.54) is 0 Å². The van der Waals surface area contributed by atoms with Gasteiger partial charge in [-0.15, -0.1) is 0 Å². The lowest BCUT2D eigenvalue weighted by Gasteiger charge is -2.19. The van der Waals surface area contributed by atoms with Crippen LogP contribution >= 0.6 is 0 Å². The van der Waals surface area contributed by atoms with Gasteiger partial charge in [0.2, 0.25) is 5.91 Å². The van der Waals surface area contributed by atoms with Crippen LogP contribution < -0.4 is 14.8 Å². The Balaban J connectivity index is 1.98. The quantitative estimate of drug-likeness (QED) is 0.715. The first kappa shape index (κ1) is 21.3. The summed E-state index contributed by atoms with van der Waals surface area (Å²) >= 11 is 0. The molecule has 0 aliphatic heterocycles. The van der Waals surface area contributed by atoms with E-state index >= 15 is 0 Å². The molecule has 6 nitrogen and oxygen atoms in total. The lowest BCUT2D eigenvalue weighted by Crippen LogP contribution is -2.30. The van der Waals surface area contributed by atoms with Gasteiger partial charge in [0.15, 0.2) is 11.5 Å². The molecule has 0 fully saturated rings. The molecular formula is C22H28N2O4. The zero-order valence-corrected chi connectivity index (χ0v) is 17.0. The van der Waals surface area contributed by atoms with Gasteiger partial charge >= 0.3 is 0 Å². The molecule has 0 aromatic heterocycles. The van der Waals surface area contributed by atoms with Gasteiger partial charge in [-0.3, -0.25) is 9.59 Å². The fourth-order valence-electron chi connectivity index (χ4n) is 2.94. The van der Waals surface area contributed by atoms with Crippen molar-refractivity contribution in [2.75, 3.05) is 32.6 Å². The minimum absolute atomic E-state index is 0.0357. The molecule has 2 aromatic carbocycles. The molecule has 2 amide bonds. The highest BCUT2D eigenvalue weighted by atomic mass is 16.5. The third kappa shape index (κ3) is 5.49. The third-order valence-electron chi connectivity index (χ3n) is 4.53. The van der Waals surface area contributed by atoms with Gasteiger partial charge < -0.3 is 19.7 Å². The Morgan fingerprint density at radius 3 is 2.32 bits per heavy atom. The van der Waals surface area contributed by atoms with E-state index in [2.05, 4.69) is 5.32 Å². The largest absolute Gasteiger partial charge is 0.493 e. The highest BCUT2D eigenvalue weighted by Crippen LogP contribution is 2.28. The molecule has 0 saturated heterocycles. The Kier molecular flexibility index (Phi) is 7.87. The molecule has 0 radical (unpaired) electrons. The van der Waals surface area contributed by atoms with Crippen LogP contribution in [-0.4, -0.2) is 44.0 Å². The smallest absolute Gasteiger partial charge is 0.253 e. The average molecular weight is 384 g/mol. The van der Waals surface area contributed by atoms with Gasteiger partial charge in [-0.1, -0.05) is 12.1 Å². The first-order valence-electron chi connectivity index (χ1n) is 9.42. The van der Waals surface area contributed by atoms with Crippen molar-refractivity contribution in [1.82, 2.24) is 4.90 Å². The van der Waals surface area contributed by atoms with Crippen molar-refractivity contribution in [2.24, 2.45) is 0 Å². The lowest BCUT2D eigenvalue weighted by molar-refractivity contribution is -0.116. The number of amides is 2. The SMILES string of the molecule is CCN(CC)C(=O)c1cccc(NC(=O)CCc2ccc(OC)c(OC)c2)c1. The zero-order valence-electron chi connectivity index (χ0n) is 17.0. The summed E-state index contributed by atoms with van der Waals surface area (Å²) in [6.45, 7) is 5.19. The highest BCUT2D eigenvalue weighted by Gasteiger charge is 2.13. The number of aryl methyl sites for hydroxylation is 1. The molecule has 0 atom stereocenters. The van der Waals surface area contributed by atoms with Gasteiger partial charge in [0.1, 0.15) is 0 Å². The molecular weight excluding hydrogens is 356 g/mol. The standard InChI is InChI=1S/C22H28N2O4/c1-5-24(6-2)22(26)17-8-7-9-18(15-17)23-21(25)13-11-16-10-12-19(27-3)20(14-16)28-4/h7-10,12,14-15H,5-6,11,13H2,1-4H3,(H,23,25). The Bertz CT molecular complexity index is 816. The molecule has 0 heterocycles. The van der Waals surface area contributed by atoms with E-state index in [0.29, 0.717) is 48.7 Å². The number of carbonyl (C=O) groups excluding carboxylic acids is 2. The predicted octanol–water partition coefficient (Wildman–Crippen LogP) is 3.76. The van der Waals surface area contributed by atoms with E-state index in [-0.39, 0.29) is 11.8 Å². The minimum Gasteiger partial charge on any atom is -0.493 e. The molecule has 0 unspecified atom stereocenters. The Labute approximate surface area is 166 Å².